The molecular formula is C40H74N8O10S6. The average Bonchev–Trinajstić information content (AvgIpc) is 3.85. The van der Waals surface area contributed by atoms with Crippen LogP contribution in [0.5, 0.6) is 0 Å². The normalized spacial score (nSPS) is 14.1. The highest BCUT2D eigenvalue weighted by atomic mass is 33.1. The number of unbranched alkanes of at least 4 members (excludes halogenated alkanes) is 4. The van der Waals surface area contributed by atoms with Crippen molar-refractivity contribution in [1.29, 1.82) is 0 Å². The minimum absolute atomic E-state index is 0.0148. The number of amides is 6. The third-order valence-corrected chi connectivity index (χ3v) is 11.1. The van der Waals surface area contributed by atoms with Crippen molar-refractivity contribution < 1.29 is 47.9 Å². The summed E-state index contributed by atoms with van der Waals surface area (Å²) in [7, 11) is 6.49. The Morgan fingerprint density at radius 2 is 1.08 bits per heavy atom. The van der Waals surface area contributed by atoms with Crippen molar-refractivity contribution >= 4 is 130 Å². The lowest BCUT2D eigenvalue weighted by atomic mass is 10.1. The number of nitrogens with two attached hydrogens (primary N) is 2. The first-order valence-corrected chi connectivity index (χ1v) is 27.0. The second kappa shape index (κ2) is 48.2. The summed E-state index contributed by atoms with van der Waals surface area (Å²) in [5.41, 5.74) is 10.7. The smallest absolute Gasteiger partial charge is 0.243 e. The van der Waals surface area contributed by atoms with Crippen LogP contribution in [0.4, 0.5) is 0 Å². The van der Waals surface area contributed by atoms with E-state index in [2.05, 4.69) is 82.3 Å². The molecule has 3 atom stereocenters. The van der Waals surface area contributed by atoms with Crippen LogP contribution < -0.4 is 43.4 Å². The van der Waals surface area contributed by atoms with Crippen LogP contribution in [0.25, 0.3) is 0 Å². The van der Waals surface area contributed by atoms with Crippen molar-refractivity contribution in [1.82, 2.24) is 31.9 Å². The summed E-state index contributed by atoms with van der Waals surface area (Å²) in [5, 5.41) is 15.0. The summed E-state index contributed by atoms with van der Waals surface area (Å²) in [6.07, 6.45) is 15.9. The largest absolute Gasteiger partial charge is 0.359 e. The van der Waals surface area contributed by atoms with Gasteiger partial charge in [0.25, 0.3) is 0 Å². The first-order valence-electron chi connectivity index (χ1n) is 20.5. The molecule has 0 aromatic heterocycles. The molecule has 1 saturated carbocycles. The number of thioether (sulfide) groups is 1. The number of hydrogen-bond donors (Lipinski definition) is 11. The Morgan fingerprint density at radius 3 is 1.39 bits per heavy atom. The summed E-state index contributed by atoms with van der Waals surface area (Å²) >= 11 is 12.7. The molecule has 2 aliphatic carbocycles. The van der Waals surface area contributed by atoms with Crippen LogP contribution >= 0.6 is 71.2 Å². The van der Waals surface area contributed by atoms with Gasteiger partial charge in [0.1, 0.15) is 17.9 Å². The predicted octanol–water partition coefficient (Wildman–Crippen LogP) is 1.25. The van der Waals surface area contributed by atoms with Crippen molar-refractivity contribution in [2.75, 3.05) is 76.8 Å². The number of Topliss-reactive ketones (excluding diaryl/α,β-unsaturated/α-hetero) is 2. The average molecular weight is 1020 g/mol. The summed E-state index contributed by atoms with van der Waals surface area (Å²) in [4.78, 5) is 114. The van der Waals surface area contributed by atoms with Crippen molar-refractivity contribution in [3.8, 4) is 0 Å². The van der Waals surface area contributed by atoms with Gasteiger partial charge in [0.2, 0.25) is 35.4 Å². The molecule has 24 heteroatoms. The molecule has 6 amide bonds. The molecule has 2 aliphatic rings. The number of carbonyl (C=O) groups excluding carboxylic acids is 10. The Balaban J connectivity index is -0.000000434. The Labute approximate surface area is 408 Å². The van der Waals surface area contributed by atoms with Gasteiger partial charge in [0, 0.05) is 59.5 Å². The topological polar surface area (TPSA) is 295 Å². The van der Waals surface area contributed by atoms with E-state index in [-0.39, 0.29) is 97.2 Å². The summed E-state index contributed by atoms with van der Waals surface area (Å²) in [6, 6.07) is -1.80. The molecule has 64 heavy (non-hydrogen) atoms. The Bertz CT molecular complexity index is 1400. The fraction of sp³-hybridized carbons (Fsp3) is 0.700. The Hall–Kier alpha value is -2.74. The van der Waals surface area contributed by atoms with Crippen LogP contribution in [-0.2, 0) is 47.9 Å². The maximum Gasteiger partial charge on any atom is 0.243 e. The first-order chi connectivity index (χ1) is 30.6. The number of allylic oxidation sites excluding steroid dienone is 2. The third kappa shape index (κ3) is 40.7. The molecule has 18 nitrogen and oxygen atoms in total. The van der Waals surface area contributed by atoms with Crippen molar-refractivity contribution in [2.24, 2.45) is 11.5 Å². The second-order valence-corrected chi connectivity index (χ2v) is 17.4. The van der Waals surface area contributed by atoms with Gasteiger partial charge in [0.05, 0.1) is 30.9 Å². The standard InChI is InChI=1S/C18H30N4O5S.C13H26N4O3S.C5H4O2.C2H6S2.2CH4S/c1-20-17(26)11-13(18(27)21-7-6-19)22-16(25)5-3-2-4-8-28-15-10-12(23)9-14(15)24;1-15-12(19)9-10(13(20)16-7-6-14)17-11(18)5-3-2-4-8-21;6-4-1-2-5(7)3-4;1-3-4-2;2*1-2/h13,15H,2-11,19H2,1H3,(H,20,26)(H,21,27)(H,22,25);10,21H,2-9,14H2,1H3,(H,15,19)(H,16,20)(H,17,18);1-2H,3H2;1-2H3;2*2H,1H3/t13-,15?;10-;;;;/m00..../s1. The van der Waals surface area contributed by atoms with E-state index < -0.39 is 23.9 Å². The highest BCUT2D eigenvalue weighted by Crippen LogP contribution is 2.25. The summed E-state index contributed by atoms with van der Waals surface area (Å²) in [6.45, 7) is 1.15. The maximum absolute atomic E-state index is 12.1. The van der Waals surface area contributed by atoms with Crippen LogP contribution in [0.1, 0.15) is 83.5 Å². The highest BCUT2D eigenvalue weighted by Gasteiger charge is 2.31. The second-order valence-electron chi connectivity index (χ2n) is 13.0. The summed E-state index contributed by atoms with van der Waals surface area (Å²) < 4.78 is 0. The molecular weight excluding hydrogens is 945 g/mol. The van der Waals surface area contributed by atoms with Crippen LogP contribution in [0, 0.1) is 0 Å². The molecule has 2 rings (SSSR count). The van der Waals surface area contributed by atoms with E-state index in [1.54, 1.807) is 34.1 Å². The maximum atomic E-state index is 12.1. The van der Waals surface area contributed by atoms with Crippen molar-refractivity contribution in [3.63, 3.8) is 0 Å². The zero-order valence-electron chi connectivity index (χ0n) is 38.1. The molecule has 0 aromatic carbocycles. The van der Waals surface area contributed by atoms with Crippen molar-refractivity contribution in [2.45, 2.75) is 101 Å². The number of carbonyl (C=O) groups is 10. The number of rotatable bonds is 25. The van der Waals surface area contributed by atoms with E-state index in [1.807, 2.05) is 0 Å². The Morgan fingerprint density at radius 1 is 0.656 bits per heavy atom. The van der Waals surface area contributed by atoms with Gasteiger partial charge in [-0.15, -0.1) is 0 Å². The van der Waals surface area contributed by atoms with E-state index in [0.29, 0.717) is 32.4 Å². The van der Waals surface area contributed by atoms with E-state index in [1.165, 1.54) is 38.0 Å². The number of nitrogens with one attached hydrogen (secondary N) is 6. The lowest BCUT2D eigenvalue weighted by Crippen LogP contribution is -2.49. The van der Waals surface area contributed by atoms with E-state index >= 15 is 0 Å². The number of hydrogen-bond acceptors (Lipinski definition) is 18. The predicted molar refractivity (Wildman–Crippen MR) is 272 cm³/mol. The lowest BCUT2D eigenvalue weighted by Gasteiger charge is -2.17. The highest BCUT2D eigenvalue weighted by molar-refractivity contribution is 8.76. The monoisotopic (exact) mass is 1020 g/mol. The minimum Gasteiger partial charge on any atom is -0.359 e. The molecule has 0 saturated heterocycles. The van der Waals surface area contributed by atoms with Gasteiger partial charge in [-0.2, -0.15) is 49.6 Å². The fourth-order valence-corrected chi connectivity index (χ4v) is 6.31. The quantitative estimate of drug-likeness (QED) is 0.0266. The van der Waals surface area contributed by atoms with E-state index in [9.17, 15) is 47.9 Å². The fourth-order valence-electron chi connectivity index (χ4n) is 4.86. The minimum atomic E-state index is -0.930. The van der Waals surface area contributed by atoms with Gasteiger partial charge in [-0.3, -0.25) is 47.9 Å². The lowest BCUT2D eigenvalue weighted by molar-refractivity contribution is -0.131. The molecule has 10 N–H and O–H groups in total. The van der Waals surface area contributed by atoms with Crippen LogP contribution in [0.15, 0.2) is 12.2 Å². The zero-order valence-corrected chi connectivity index (χ0v) is 43.3. The van der Waals surface area contributed by atoms with Gasteiger partial charge in [-0.1, -0.05) is 34.4 Å². The van der Waals surface area contributed by atoms with Gasteiger partial charge < -0.3 is 43.4 Å². The van der Waals surface area contributed by atoms with E-state index in [0.717, 1.165) is 43.6 Å². The summed E-state index contributed by atoms with van der Waals surface area (Å²) in [5.74, 6) is -0.563. The van der Waals surface area contributed by atoms with Gasteiger partial charge in [-0.25, -0.2) is 0 Å². The van der Waals surface area contributed by atoms with Gasteiger partial charge >= 0.3 is 0 Å². The van der Waals surface area contributed by atoms with E-state index in [4.69, 9.17) is 11.5 Å². The molecule has 1 fully saturated rings. The van der Waals surface area contributed by atoms with Crippen LogP contribution in [0.2, 0.25) is 0 Å². The van der Waals surface area contributed by atoms with Crippen LogP contribution in [-0.4, -0.2) is 153 Å². The van der Waals surface area contributed by atoms with Gasteiger partial charge in [-0.05, 0) is 74.4 Å². The number of ketones is 4. The SMILES string of the molecule is CNC(=O)C[C@H](NC(=O)CCCCCS)C(=O)NCCN.CNC(=O)C[C@H](NC(=O)CCCCCSC1CC(=O)CC1=O)C(=O)NCCN.CS.CS.CSSC.O=C1C=CC(=O)C1. The molecule has 0 aromatic rings. The van der Waals surface area contributed by atoms with Crippen LogP contribution in [0.3, 0.4) is 0 Å². The Kier molecular flexibility index (Phi) is 51.1. The first kappa shape index (κ1) is 67.8. The molecule has 0 radical (unpaired) electrons. The van der Waals surface area contributed by atoms with Gasteiger partial charge in [0.15, 0.2) is 17.3 Å². The third-order valence-electron chi connectivity index (χ3n) is 8.07. The number of thiol groups is 3. The molecule has 0 aliphatic heterocycles. The molecule has 1 unspecified atom stereocenters. The molecule has 0 bridgehead atoms. The zero-order chi connectivity index (χ0) is 49.7. The molecule has 0 heterocycles. The molecule has 0 spiro atoms. The molecule has 370 valence electrons. The van der Waals surface area contributed by atoms with Crippen molar-refractivity contribution in [3.05, 3.63) is 12.2 Å².